The van der Waals surface area contributed by atoms with E-state index >= 15 is 0 Å². The Morgan fingerprint density at radius 1 is 1.09 bits per heavy atom. The van der Waals surface area contributed by atoms with E-state index in [0.29, 0.717) is 60.8 Å². The monoisotopic (exact) mass is 681 g/mol. The molecule has 1 aliphatic rings. The van der Waals surface area contributed by atoms with Gasteiger partial charge >= 0.3 is 5.91 Å². The lowest BCUT2D eigenvalue weighted by Crippen LogP contribution is -2.29. The number of thioether (sulfide) groups is 1. The number of benzene rings is 2. The number of ketones is 1. The minimum absolute atomic E-state index is 0.114. The van der Waals surface area contributed by atoms with Crippen molar-refractivity contribution in [2.24, 2.45) is 0 Å². The van der Waals surface area contributed by atoms with Gasteiger partial charge in [-0.2, -0.15) is 0 Å². The number of rotatable bonds is 9. The predicted octanol–water partition coefficient (Wildman–Crippen LogP) is 7.13. The van der Waals surface area contributed by atoms with Gasteiger partial charge in [0, 0.05) is 22.0 Å². The third-order valence-electron chi connectivity index (χ3n) is 7.14. The van der Waals surface area contributed by atoms with Gasteiger partial charge in [0.1, 0.15) is 11.3 Å². The first-order valence-electron chi connectivity index (χ1n) is 13.7. The van der Waals surface area contributed by atoms with E-state index in [1.807, 2.05) is 19.1 Å². The lowest BCUT2D eigenvalue weighted by atomic mass is 9.96. The number of aliphatic hydroxyl groups excluding tert-OH is 1. The highest BCUT2D eigenvalue weighted by Crippen LogP contribution is 2.46. The Balaban J connectivity index is 1.46. The number of hydrogen-bond donors (Lipinski definition) is 1. The van der Waals surface area contributed by atoms with E-state index < -0.39 is 17.7 Å². The number of aryl methyl sites for hydroxylation is 1. The Morgan fingerprint density at radius 3 is 2.67 bits per heavy atom. The second-order valence-electron chi connectivity index (χ2n) is 9.86. The molecule has 1 amide bonds. The molecule has 1 saturated heterocycles. The first-order valence-corrected chi connectivity index (χ1v) is 16.2. The number of nitrogens with zero attached hydrogens (tertiary/aromatic N) is 5. The first-order chi connectivity index (χ1) is 21.7. The Kier molecular flexibility index (Phi) is 8.74. The summed E-state index contributed by atoms with van der Waals surface area (Å²) < 4.78 is 13.5. The molecule has 0 aliphatic carbocycles. The van der Waals surface area contributed by atoms with E-state index in [4.69, 9.17) is 32.7 Å². The molecule has 4 heterocycles. The second-order valence-corrected chi connectivity index (χ2v) is 12.9. The van der Waals surface area contributed by atoms with Crippen LogP contribution in [-0.4, -0.2) is 50.1 Å². The molecular formula is C31H25Cl2N5O5S2. The normalized spacial score (nSPS) is 16.1. The highest BCUT2D eigenvalue weighted by Gasteiger charge is 2.49. The van der Waals surface area contributed by atoms with E-state index in [0.717, 1.165) is 16.9 Å². The van der Waals surface area contributed by atoms with Crippen LogP contribution in [-0.2, 0) is 15.3 Å². The van der Waals surface area contributed by atoms with Crippen molar-refractivity contribution in [2.45, 2.75) is 30.0 Å². The minimum Gasteiger partial charge on any atom is -0.505 e. The number of ether oxygens (including phenoxy) is 2. The molecule has 0 bridgehead atoms. The number of Topliss-reactive ketones (excluding diaryl/α,β-unsaturated/α-hetero) is 1. The number of halogens is 2. The zero-order valence-electron chi connectivity index (χ0n) is 24.2. The zero-order chi connectivity index (χ0) is 31.8. The van der Waals surface area contributed by atoms with Gasteiger partial charge in [-0.1, -0.05) is 64.5 Å². The summed E-state index contributed by atoms with van der Waals surface area (Å²) in [5.74, 6) is -0.701. The third-order valence-corrected chi connectivity index (χ3v) is 9.84. The SMILES string of the molecule is CCOc1ccc(C2/C(=C(\O)c3c(C)nc4ccccn34)C(=O)C(=O)N2c2nnc(SCc3ccc(Cl)cc3Cl)s2)cc1OC. The van der Waals surface area contributed by atoms with Crippen molar-refractivity contribution in [3.8, 4) is 11.5 Å². The summed E-state index contributed by atoms with van der Waals surface area (Å²) in [6.45, 7) is 3.99. The van der Waals surface area contributed by atoms with E-state index in [1.54, 1.807) is 60.0 Å². The molecule has 0 saturated carbocycles. The number of imidazole rings is 1. The number of aliphatic hydroxyl groups is 1. The molecule has 0 radical (unpaired) electrons. The van der Waals surface area contributed by atoms with Gasteiger partial charge in [0.25, 0.3) is 5.78 Å². The van der Waals surface area contributed by atoms with E-state index in [1.165, 1.54) is 23.8 Å². The summed E-state index contributed by atoms with van der Waals surface area (Å²) in [7, 11) is 1.50. The zero-order valence-corrected chi connectivity index (χ0v) is 27.3. The van der Waals surface area contributed by atoms with E-state index in [-0.39, 0.29) is 16.5 Å². The lowest BCUT2D eigenvalue weighted by molar-refractivity contribution is -0.132. The van der Waals surface area contributed by atoms with Crippen molar-refractivity contribution in [3.05, 3.63) is 98.9 Å². The quantitative estimate of drug-likeness (QED) is 0.0570. The van der Waals surface area contributed by atoms with Crippen molar-refractivity contribution >= 4 is 74.5 Å². The summed E-state index contributed by atoms with van der Waals surface area (Å²) in [5.41, 5.74) is 2.62. The molecule has 1 unspecified atom stereocenters. The van der Waals surface area contributed by atoms with Crippen LogP contribution in [0.4, 0.5) is 5.13 Å². The maximum absolute atomic E-state index is 13.8. The van der Waals surface area contributed by atoms with Gasteiger partial charge in [-0.25, -0.2) is 4.98 Å². The molecule has 1 atom stereocenters. The average Bonchev–Trinajstić information content (AvgIpc) is 3.70. The highest BCUT2D eigenvalue weighted by molar-refractivity contribution is 8.00. The fraction of sp³-hybridized carbons (Fsp3) is 0.194. The van der Waals surface area contributed by atoms with Crippen molar-refractivity contribution < 1.29 is 24.2 Å². The number of amides is 1. The fourth-order valence-corrected chi connectivity index (χ4v) is 7.56. The van der Waals surface area contributed by atoms with Crippen molar-refractivity contribution in [1.82, 2.24) is 19.6 Å². The molecule has 1 fully saturated rings. The highest BCUT2D eigenvalue weighted by atomic mass is 35.5. The van der Waals surface area contributed by atoms with Gasteiger partial charge in [0.2, 0.25) is 5.13 Å². The van der Waals surface area contributed by atoms with Crippen LogP contribution < -0.4 is 14.4 Å². The van der Waals surface area contributed by atoms with Gasteiger partial charge in [-0.15, -0.1) is 10.2 Å². The summed E-state index contributed by atoms with van der Waals surface area (Å²) in [4.78, 5) is 33.3. The number of methoxy groups -OCH3 is 1. The van der Waals surface area contributed by atoms with Crippen LogP contribution in [0.25, 0.3) is 11.4 Å². The maximum Gasteiger partial charge on any atom is 0.301 e. The first kappa shape index (κ1) is 30.9. The molecule has 1 N–H and O–H groups in total. The lowest BCUT2D eigenvalue weighted by Gasteiger charge is -2.23. The van der Waals surface area contributed by atoms with Gasteiger partial charge in [0.05, 0.1) is 31.0 Å². The van der Waals surface area contributed by atoms with Crippen molar-refractivity contribution in [2.75, 3.05) is 18.6 Å². The standard InChI is InChI=1S/C31H25Cl2N5O5S2/c1-4-43-21-11-9-17(13-22(21)42-3)26-24(27(39)25-16(2)34-23-7-5-6-12-37(23)25)28(40)29(41)38(26)30-35-36-31(45-30)44-15-18-8-10-19(32)14-20(18)33/h5-14,26,39H,4,15H2,1-3H3/b27-24+. The number of carbonyl (C=O) groups is 2. The predicted molar refractivity (Wildman–Crippen MR) is 175 cm³/mol. The maximum atomic E-state index is 13.8. The van der Waals surface area contributed by atoms with Crippen LogP contribution in [0.3, 0.4) is 0 Å². The average molecular weight is 683 g/mol. The molecule has 0 spiro atoms. The molecule has 1 aliphatic heterocycles. The van der Waals surface area contributed by atoms with Crippen molar-refractivity contribution in [1.29, 1.82) is 0 Å². The minimum atomic E-state index is -1.06. The van der Waals surface area contributed by atoms with Crippen LogP contribution in [0, 0.1) is 6.92 Å². The topological polar surface area (TPSA) is 119 Å². The summed E-state index contributed by atoms with van der Waals surface area (Å²) in [6, 6.07) is 14.7. The van der Waals surface area contributed by atoms with Crippen molar-refractivity contribution in [3.63, 3.8) is 0 Å². The van der Waals surface area contributed by atoms with E-state index in [2.05, 4.69) is 15.2 Å². The third kappa shape index (κ3) is 5.74. The Hall–Kier alpha value is -4.10. The molecule has 2 aromatic carbocycles. The Bertz CT molecular complexity index is 1990. The molecule has 5 aromatic rings. The van der Waals surface area contributed by atoms with Crippen LogP contribution in [0.1, 0.15) is 35.5 Å². The number of carbonyl (C=O) groups excluding carboxylic acids is 2. The van der Waals surface area contributed by atoms with Crippen LogP contribution in [0.5, 0.6) is 11.5 Å². The molecular weight excluding hydrogens is 657 g/mol. The molecule has 14 heteroatoms. The number of hydrogen-bond acceptors (Lipinski definition) is 10. The summed E-state index contributed by atoms with van der Waals surface area (Å²) >= 11 is 14.9. The van der Waals surface area contributed by atoms with Crippen LogP contribution in [0.15, 0.2) is 70.7 Å². The molecule has 45 heavy (non-hydrogen) atoms. The van der Waals surface area contributed by atoms with Gasteiger partial charge in [0.15, 0.2) is 21.6 Å². The Labute approximate surface area is 276 Å². The van der Waals surface area contributed by atoms with Crippen LogP contribution in [0.2, 0.25) is 10.0 Å². The number of aromatic nitrogens is 4. The largest absolute Gasteiger partial charge is 0.505 e. The second kappa shape index (κ2) is 12.7. The molecule has 3 aromatic heterocycles. The van der Waals surface area contributed by atoms with E-state index in [9.17, 15) is 14.7 Å². The molecule has 230 valence electrons. The molecule has 6 rings (SSSR count). The molecule has 10 nitrogen and oxygen atoms in total. The number of pyridine rings is 1. The van der Waals surface area contributed by atoms with Gasteiger partial charge < -0.3 is 14.6 Å². The smallest absolute Gasteiger partial charge is 0.301 e. The number of fused-ring (bicyclic) bond motifs is 1. The summed E-state index contributed by atoms with van der Waals surface area (Å²) in [6.07, 6.45) is 1.73. The number of anilines is 1. The summed E-state index contributed by atoms with van der Waals surface area (Å²) in [5, 5.41) is 21.6. The van der Waals surface area contributed by atoms with Crippen LogP contribution >= 0.6 is 46.3 Å². The fourth-order valence-electron chi connectivity index (χ4n) is 5.14. The Morgan fingerprint density at radius 2 is 1.91 bits per heavy atom. The van der Waals surface area contributed by atoms with Gasteiger partial charge in [-0.05, 0) is 61.4 Å². The van der Waals surface area contributed by atoms with Gasteiger partial charge in [-0.3, -0.25) is 18.9 Å².